The Morgan fingerprint density at radius 3 is 2.55 bits per heavy atom. The van der Waals surface area contributed by atoms with Crippen molar-refractivity contribution >= 4 is 17.7 Å². The number of rotatable bonds is 8. The summed E-state index contributed by atoms with van der Waals surface area (Å²) in [5.41, 5.74) is 1.37. The lowest BCUT2D eigenvalue weighted by Gasteiger charge is -2.16. The first-order valence-electron chi connectivity index (χ1n) is 10.4. The van der Waals surface area contributed by atoms with Gasteiger partial charge in [0.1, 0.15) is 0 Å². The predicted molar refractivity (Wildman–Crippen MR) is 122 cm³/mol. The first-order valence-corrected chi connectivity index (χ1v) is 11.3. The molecule has 3 rings (SSSR count). The standard InChI is InChI=1S/C24H24F3N3O2S/c1-15(18-9-6-10-19(13-18)24(25,26)27)28-21(31)12-11-20-16(2)29-23(30-22(20)32)33-14-17-7-4-3-5-8-17/h3-10,13,15H,11-12,14H2,1-2H3,(H,28,31)(H,29,30,32)/t15-/m0/s1. The number of H-pyrrole nitrogens is 1. The Labute approximate surface area is 193 Å². The van der Waals surface area contributed by atoms with Gasteiger partial charge in [-0.2, -0.15) is 13.2 Å². The van der Waals surface area contributed by atoms with E-state index in [0.717, 1.165) is 17.7 Å². The van der Waals surface area contributed by atoms with Gasteiger partial charge in [0.05, 0.1) is 11.6 Å². The van der Waals surface area contributed by atoms with Crippen molar-refractivity contribution in [1.29, 1.82) is 0 Å². The summed E-state index contributed by atoms with van der Waals surface area (Å²) < 4.78 is 38.7. The monoisotopic (exact) mass is 475 g/mol. The number of hydrogen-bond donors (Lipinski definition) is 2. The molecule has 1 atom stereocenters. The van der Waals surface area contributed by atoms with Crippen LogP contribution in [0.2, 0.25) is 0 Å². The van der Waals surface area contributed by atoms with Gasteiger partial charge in [0.2, 0.25) is 5.91 Å². The first-order chi connectivity index (χ1) is 15.6. The van der Waals surface area contributed by atoms with Crippen LogP contribution in [0.3, 0.4) is 0 Å². The maximum absolute atomic E-state index is 12.9. The number of nitrogens with one attached hydrogen (secondary N) is 2. The summed E-state index contributed by atoms with van der Waals surface area (Å²) in [6.07, 6.45) is -4.25. The predicted octanol–water partition coefficient (Wildman–Crippen LogP) is 5.20. The molecular weight excluding hydrogens is 451 g/mol. The zero-order valence-electron chi connectivity index (χ0n) is 18.2. The molecule has 9 heteroatoms. The molecule has 2 N–H and O–H groups in total. The lowest BCUT2D eigenvalue weighted by atomic mass is 10.0. The fourth-order valence-electron chi connectivity index (χ4n) is 3.29. The topological polar surface area (TPSA) is 74.8 Å². The fraction of sp³-hybridized carbons (Fsp3) is 0.292. The average molecular weight is 476 g/mol. The highest BCUT2D eigenvalue weighted by Crippen LogP contribution is 2.30. The third-order valence-electron chi connectivity index (χ3n) is 5.11. The number of hydrogen-bond acceptors (Lipinski definition) is 4. The minimum atomic E-state index is -4.45. The van der Waals surface area contributed by atoms with Gasteiger partial charge in [-0.3, -0.25) is 9.59 Å². The van der Waals surface area contributed by atoms with Gasteiger partial charge in [-0.1, -0.05) is 54.2 Å². The Bertz CT molecular complexity index is 1160. The number of carbonyl (C=O) groups is 1. The second kappa shape index (κ2) is 10.7. The lowest BCUT2D eigenvalue weighted by molar-refractivity contribution is -0.137. The number of nitrogens with zero attached hydrogens (tertiary/aromatic N) is 1. The van der Waals surface area contributed by atoms with Crippen LogP contribution in [0.4, 0.5) is 13.2 Å². The second-order valence-electron chi connectivity index (χ2n) is 7.62. The maximum Gasteiger partial charge on any atom is 0.416 e. The van der Waals surface area contributed by atoms with E-state index < -0.39 is 17.8 Å². The molecule has 0 spiro atoms. The van der Waals surface area contributed by atoms with Crippen molar-refractivity contribution in [2.45, 2.75) is 49.8 Å². The van der Waals surface area contributed by atoms with E-state index in [2.05, 4.69) is 15.3 Å². The maximum atomic E-state index is 12.9. The van der Waals surface area contributed by atoms with E-state index in [0.29, 0.717) is 27.7 Å². The third kappa shape index (κ3) is 6.95. The lowest BCUT2D eigenvalue weighted by Crippen LogP contribution is -2.28. The van der Waals surface area contributed by atoms with Crippen LogP contribution < -0.4 is 10.9 Å². The molecule has 0 aliphatic rings. The molecule has 0 fully saturated rings. The van der Waals surface area contributed by atoms with Crippen LogP contribution in [-0.4, -0.2) is 15.9 Å². The number of aromatic amines is 1. The van der Waals surface area contributed by atoms with Gasteiger partial charge in [-0.05, 0) is 43.5 Å². The van der Waals surface area contributed by atoms with Gasteiger partial charge < -0.3 is 10.3 Å². The Hall–Kier alpha value is -3.07. The summed E-state index contributed by atoms with van der Waals surface area (Å²) >= 11 is 1.42. The smallest absolute Gasteiger partial charge is 0.350 e. The Balaban J connectivity index is 1.58. The van der Waals surface area contributed by atoms with Crippen LogP contribution in [0.15, 0.2) is 64.5 Å². The zero-order chi connectivity index (χ0) is 24.0. The summed E-state index contributed by atoms with van der Waals surface area (Å²) in [4.78, 5) is 32.1. The van der Waals surface area contributed by atoms with Gasteiger partial charge in [-0.25, -0.2) is 4.98 Å². The van der Waals surface area contributed by atoms with E-state index in [9.17, 15) is 22.8 Å². The minimum Gasteiger partial charge on any atom is -0.350 e. The van der Waals surface area contributed by atoms with Crippen molar-refractivity contribution in [2.24, 2.45) is 0 Å². The van der Waals surface area contributed by atoms with Crippen molar-refractivity contribution in [3.63, 3.8) is 0 Å². The van der Waals surface area contributed by atoms with E-state index in [1.54, 1.807) is 13.8 Å². The van der Waals surface area contributed by atoms with E-state index in [-0.39, 0.29) is 24.3 Å². The van der Waals surface area contributed by atoms with Crippen molar-refractivity contribution in [3.8, 4) is 0 Å². The summed E-state index contributed by atoms with van der Waals surface area (Å²) in [5.74, 6) is 0.305. The summed E-state index contributed by atoms with van der Waals surface area (Å²) in [5, 5.41) is 3.20. The van der Waals surface area contributed by atoms with Crippen LogP contribution in [0, 0.1) is 6.92 Å². The van der Waals surface area contributed by atoms with Crippen molar-refractivity contribution in [2.75, 3.05) is 0 Å². The summed E-state index contributed by atoms with van der Waals surface area (Å²) in [6.45, 7) is 3.34. The minimum absolute atomic E-state index is 0.0193. The SMILES string of the molecule is Cc1nc(SCc2ccccc2)[nH]c(=O)c1CCC(=O)N[C@@H](C)c1cccc(C(F)(F)F)c1. The molecule has 1 aromatic heterocycles. The summed E-state index contributed by atoms with van der Waals surface area (Å²) in [7, 11) is 0. The largest absolute Gasteiger partial charge is 0.416 e. The van der Waals surface area contributed by atoms with Gasteiger partial charge >= 0.3 is 6.18 Å². The number of aromatic nitrogens is 2. The Morgan fingerprint density at radius 2 is 1.88 bits per heavy atom. The highest BCUT2D eigenvalue weighted by Gasteiger charge is 2.30. The van der Waals surface area contributed by atoms with Crippen LogP contribution >= 0.6 is 11.8 Å². The number of thioether (sulfide) groups is 1. The third-order valence-corrected chi connectivity index (χ3v) is 6.06. The summed E-state index contributed by atoms with van der Waals surface area (Å²) in [6, 6.07) is 14.1. The van der Waals surface area contributed by atoms with Crippen molar-refractivity contribution in [1.82, 2.24) is 15.3 Å². The zero-order valence-corrected chi connectivity index (χ0v) is 19.0. The van der Waals surface area contributed by atoms with E-state index >= 15 is 0 Å². The normalized spacial score (nSPS) is 12.4. The number of aryl methyl sites for hydroxylation is 1. The number of amides is 1. The molecule has 0 aliphatic heterocycles. The van der Waals surface area contributed by atoms with Gasteiger partial charge in [0, 0.05) is 23.4 Å². The average Bonchev–Trinajstić information content (AvgIpc) is 2.77. The van der Waals surface area contributed by atoms with Crippen LogP contribution in [0.5, 0.6) is 0 Å². The van der Waals surface area contributed by atoms with Gasteiger partial charge in [0.25, 0.3) is 5.56 Å². The molecule has 2 aromatic carbocycles. The van der Waals surface area contributed by atoms with Crippen LogP contribution in [0.25, 0.3) is 0 Å². The molecule has 0 unspecified atom stereocenters. The molecule has 33 heavy (non-hydrogen) atoms. The van der Waals surface area contributed by atoms with Crippen molar-refractivity contribution in [3.05, 3.63) is 92.9 Å². The number of benzene rings is 2. The molecule has 1 heterocycles. The molecule has 5 nitrogen and oxygen atoms in total. The number of alkyl halides is 3. The van der Waals surface area contributed by atoms with Crippen LogP contribution in [0.1, 0.15) is 47.3 Å². The Kier molecular flexibility index (Phi) is 7.97. The van der Waals surface area contributed by atoms with E-state index in [4.69, 9.17) is 0 Å². The Morgan fingerprint density at radius 1 is 1.15 bits per heavy atom. The molecule has 0 saturated carbocycles. The fourth-order valence-corrected chi connectivity index (χ4v) is 4.16. The first kappa shape index (κ1) is 24.6. The van der Waals surface area contributed by atoms with Crippen molar-refractivity contribution < 1.29 is 18.0 Å². The van der Waals surface area contributed by atoms with E-state index in [1.807, 2.05) is 30.3 Å². The molecule has 1 amide bonds. The van der Waals surface area contributed by atoms with Crippen LogP contribution in [-0.2, 0) is 23.1 Å². The number of carbonyl (C=O) groups excluding carboxylic acids is 1. The number of halogens is 3. The van der Waals surface area contributed by atoms with E-state index in [1.165, 1.54) is 23.9 Å². The molecular formula is C24H24F3N3O2S. The molecule has 0 aliphatic carbocycles. The highest BCUT2D eigenvalue weighted by atomic mass is 32.2. The molecule has 0 bridgehead atoms. The molecule has 174 valence electrons. The molecule has 3 aromatic rings. The highest BCUT2D eigenvalue weighted by molar-refractivity contribution is 7.98. The quantitative estimate of drug-likeness (QED) is 0.347. The van der Waals surface area contributed by atoms with Gasteiger partial charge in [0.15, 0.2) is 5.16 Å². The second-order valence-corrected chi connectivity index (χ2v) is 8.59. The molecule has 0 saturated heterocycles. The van der Waals surface area contributed by atoms with Gasteiger partial charge in [-0.15, -0.1) is 0 Å². The molecule has 0 radical (unpaired) electrons.